The van der Waals surface area contributed by atoms with Gasteiger partial charge in [0.15, 0.2) is 0 Å². The van der Waals surface area contributed by atoms with E-state index in [1.807, 2.05) is 88.4 Å². The molecule has 3 rings (SSSR count). The average molecular weight is 500 g/mol. The van der Waals surface area contributed by atoms with Crippen molar-refractivity contribution in [1.29, 1.82) is 0 Å². The Kier molecular flexibility index (Phi) is 9.04. The van der Waals surface area contributed by atoms with Crippen LogP contribution >= 0.6 is 23.5 Å². The second-order valence-electron chi connectivity index (χ2n) is 9.35. The van der Waals surface area contributed by atoms with Gasteiger partial charge in [-0.3, -0.25) is 14.5 Å². The highest BCUT2D eigenvalue weighted by Gasteiger charge is 2.46. The van der Waals surface area contributed by atoms with E-state index in [1.165, 1.54) is 28.4 Å². The third-order valence-corrected chi connectivity index (χ3v) is 7.96. The van der Waals surface area contributed by atoms with Gasteiger partial charge >= 0.3 is 0 Å². The summed E-state index contributed by atoms with van der Waals surface area (Å²) in [5.74, 6) is -0.498. The van der Waals surface area contributed by atoms with E-state index in [0.29, 0.717) is 29.4 Å². The molecule has 182 valence electrons. The highest BCUT2D eigenvalue weighted by molar-refractivity contribution is 8.08. The van der Waals surface area contributed by atoms with Gasteiger partial charge in [-0.05, 0) is 64.8 Å². The molecule has 0 spiro atoms. The van der Waals surface area contributed by atoms with Crippen molar-refractivity contribution < 1.29 is 19.1 Å². The van der Waals surface area contributed by atoms with Gasteiger partial charge in [-0.15, -0.1) is 0 Å². The minimum absolute atomic E-state index is 0.249. The van der Waals surface area contributed by atoms with Crippen LogP contribution in [-0.4, -0.2) is 48.2 Å². The van der Waals surface area contributed by atoms with Crippen molar-refractivity contribution in [1.82, 2.24) is 4.90 Å². The quantitative estimate of drug-likeness (QED) is 0.326. The molecule has 2 aromatic carbocycles. The molecule has 5 nitrogen and oxygen atoms in total. The summed E-state index contributed by atoms with van der Waals surface area (Å²) in [6.07, 6.45) is 1.30. The Labute approximate surface area is 211 Å². The maximum absolute atomic E-state index is 13.6. The van der Waals surface area contributed by atoms with Gasteiger partial charge in [0.1, 0.15) is 0 Å². The standard InChI is InChI=1S/C27H33NO4S2/c1-26(2,16-19-32-27(3,4)17-18-31-5)28-24(29)22(33-20-12-8-6-9-13-20)23(25(28)30)34-21-14-10-7-11-15-21/h6-15H,16-19H2,1-5H3. The highest BCUT2D eigenvalue weighted by Crippen LogP contribution is 2.44. The molecule has 2 aromatic rings. The number of benzene rings is 2. The lowest BCUT2D eigenvalue weighted by molar-refractivity contribution is -0.144. The molecule has 0 N–H and O–H groups in total. The first-order valence-corrected chi connectivity index (χ1v) is 13.0. The summed E-state index contributed by atoms with van der Waals surface area (Å²) in [5.41, 5.74) is -1.04. The van der Waals surface area contributed by atoms with Crippen LogP contribution in [0.25, 0.3) is 0 Å². The zero-order valence-corrected chi connectivity index (χ0v) is 22.1. The minimum Gasteiger partial charge on any atom is -0.385 e. The minimum atomic E-state index is -0.701. The summed E-state index contributed by atoms with van der Waals surface area (Å²) < 4.78 is 11.3. The second-order valence-corrected chi connectivity index (χ2v) is 11.5. The van der Waals surface area contributed by atoms with E-state index in [9.17, 15) is 9.59 Å². The largest absolute Gasteiger partial charge is 0.385 e. The van der Waals surface area contributed by atoms with Crippen LogP contribution in [0.5, 0.6) is 0 Å². The number of hydrogen-bond acceptors (Lipinski definition) is 6. The van der Waals surface area contributed by atoms with Crippen molar-refractivity contribution in [2.75, 3.05) is 20.3 Å². The van der Waals surface area contributed by atoms with E-state index >= 15 is 0 Å². The van der Waals surface area contributed by atoms with Crippen LogP contribution in [0.1, 0.15) is 40.5 Å². The summed E-state index contributed by atoms with van der Waals surface area (Å²) >= 11 is 2.70. The third kappa shape index (κ3) is 6.75. The van der Waals surface area contributed by atoms with Crippen molar-refractivity contribution >= 4 is 35.3 Å². The predicted octanol–water partition coefficient (Wildman–Crippen LogP) is 6.15. The second kappa shape index (κ2) is 11.6. The Bertz CT molecular complexity index is 956. The summed E-state index contributed by atoms with van der Waals surface area (Å²) in [6, 6.07) is 19.4. The first kappa shape index (κ1) is 26.5. The van der Waals surface area contributed by atoms with Gasteiger partial charge in [0.25, 0.3) is 11.8 Å². The van der Waals surface area contributed by atoms with Crippen molar-refractivity contribution in [2.45, 2.75) is 61.5 Å². The molecular weight excluding hydrogens is 466 g/mol. The number of amides is 2. The van der Waals surface area contributed by atoms with Crippen LogP contribution in [0.3, 0.4) is 0 Å². The van der Waals surface area contributed by atoms with Gasteiger partial charge in [0.2, 0.25) is 0 Å². The van der Waals surface area contributed by atoms with Crippen molar-refractivity contribution in [3.8, 4) is 0 Å². The maximum atomic E-state index is 13.6. The molecule has 0 unspecified atom stereocenters. The fourth-order valence-electron chi connectivity index (χ4n) is 3.54. The van der Waals surface area contributed by atoms with Crippen LogP contribution in [0, 0.1) is 0 Å². The fourth-order valence-corrected chi connectivity index (χ4v) is 5.57. The molecule has 1 aliphatic rings. The third-order valence-electron chi connectivity index (χ3n) is 5.65. The van der Waals surface area contributed by atoms with E-state index in [0.717, 1.165) is 16.2 Å². The SMILES string of the molecule is COCCC(C)(C)OCCC(C)(C)N1C(=O)C(Sc2ccccc2)=C(Sc2ccccc2)C1=O. The van der Waals surface area contributed by atoms with E-state index in [4.69, 9.17) is 9.47 Å². The number of ether oxygens (including phenoxy) is 2. The molecule has 0 fully saturated rings. The summed E-state index contributed by atoms with van der Waals surface area (Å²) in [5, 5.41) is 0. The van der Waals surface area contributed by atoms with E-state index in [-0.39, 0.29) is 17.4 Å². The smallest absolute Gasteiger partial charge is 0.269 e. The number of carbonyl (C=O) groups excluding carboxylic acids is 2. The Morgan fingerprint density at radius 3 is 1.65 bits per heavy atom. The van der Waals surface area contributed by atoms with E-state index < -0.39 is 5.54 Å². The molecule has 7 heteroatoms. The maximum Gasteiger partial charge on any atom is 0.269 e. The van der Waals surface area contributed by atoms with Crippen LogP contribution in [0.15, 0.2) is 80.3 Å². The van der Waals surface area contributed by atoms with Gasteiger partial charge < -0.3 is 9.47 Å². The molecule has 0 bridgehead atoms. The number of imide groups is 1. The predicted molar refractivity (Wildman–Crippen MR) is 139 cm³/mol. The molecule has 1 heterocycles. The monoisotopic (exact) mass is 499 g/mol. The van der Waals surface area contributed by atoms with Crippen LogP contribution in [-0.2, 0) is 19.1 Å². The Balaban J connectivity index is 1.81. The molecule has 34 heavy (non-hydrogen) atoms. The topological polar surface area (TPSA) is 55.8 Å². The molecule has 0 aromatic heterocycles. The first-order chi connectivity index (χ1) is 16.1. The molecular formula is C27H33NO4S2. The molecule has 2 amide bonds. The molecule has 0 aliphatic carbocycles. The number of carbonyl (C=O) groups is 2. The molecule has 0 saturated heterocycles. The number of nitrogens with zero attached hydrogens (tertiary/aromatic N) is 1. The normalized spacial score (nSPS) is 14.9. The lowest BCUT2D eigenvalue weighted by Crippen LogP contribution is -2.49. The summed E-state index contributed by atoms with van der Waals surface area (Å²) in [4.78, 5) is 31.5. The van der Waals surface area contributed by atoms with Crippen LogP contribution in [0.2, 0.25) is 0 Å². The van der Waals surface area contributed by atoms with Gasteiger partial charge in [-0.1, -0.05) is 59.9 Å². The highest BCUT2D eigenvalue weighted by atomic mass is 32.2. The molecule has 0 atom stereocenters. The summed E-state index contributed by atoms with van der Waals surface area (Å²) in [7, 11) is 1.67. The number of rotatable bonds is 12. The molecule has 1 aliphatic heterocycles. The van der Waals surface area contributed by atoms with Crippen molar-refractivity contribution in [2.24, 2.45) is 0 Å². The first-order valence-electron chi connectivity index (χ1n) is 11.4. The van der Waals surface area contributed by atoms with Gasteiger partial charge in [0.05, 0.1) is 15.4 Å². The van der Waals surface area contributed by atoms with Crippen molar-refractivity contribution in [3.05, 3.63) is 70.5 Å². The molecule has 0 saturated carbocycles. The lowest BCUT2D eigenvalue weighted by Gasteiger charge is -2.35. The molecule has 0 radical (unpaired) electrons. The van der Waals surface area contributed by atoms with Crippen molar-refractivity contribution in [3.63, 3.8) is 0 Å². The lowest BCUT2D eigenvalue weighted by atomic mass is 9.98. The van der Waals surface area contributed by atoms with Crippen LogP contribution in [0.4, 0.5) is 0 Å². The van der Waals surface area contributed by atoms with Gasteiger partial charge in [-0.25, -0.2) is 0 Å². The average Bonchev–Trinajstić information content (AvgIpc) is 3.03. The van der Waals surface area contributed by atoms with Gasteiger partial charge in [-0.2, -0.15) is 0 Å². The van der Waals surface area contributed by atoms with Crippen LogP contribution < -0.4 is 0 Å². The van der Waals surface area contributed by atoms with Gasteiger partial charge in [0, 0.05) is 35.7 Å². The fraction of sp³-hybridized carbons (Fsp3) is 0.407. The zero-order valence-electron chi connectivity index (χ0n) is 20.5. The van der Waals surface area contributed by atoms with E-state index in [1.54, 1.807) is 7.11 Å². The Morgan fingerprint density at radius 1 is 0.735 bits per heavy atom. The number of thioether (sulfide) groups is 2. The zero-order chi connectivity index (χ0) is 24.8. The summed E-state index contributed by atoms with van der Waals surface area (Å²) in [6.45, 7) is 8.95. The number of hydrogen-bond donors (Lipinski definition) is 0. The van der Waals surface area contributed by atoms with E-state index in [2.05, 4.69) is 0 Å². The Hall–Kier alpha value is -2.06. The Morgan fingerprint density at radius 2 is 1.21 bits per heavy atom. The number of methoxy groups -OCH3 is 1.